The lowest BCUT2D eigenvalue weighted by Crippen LogP contribution is -2.40. The second-order valence-corrected chi connectivity index (χ2v) is 13.3. The summed E-state index contributed by atoms with van der Waals surface area (Å²) < 4.78 is 14.9. The molecule has 0 spiro atoms. The summed E-state index contributed by atoms with van der Waals surface area (Å²) in [5.41, 5.74) is 3.59. The zero-order valence-electron chi connectivity index (χ0n) is 17.6. The molecule has 0 bridgehead atoms. The molecule has 1 aliphatic heterocycles. The Morgan fingerprint density at radius 1 is 0.893 bits per heavy atom. The lowest BCUT2D eigenvalue weighted by Gasteiger charge is -2.39. The van der Waals surface area contributed by atoms with Crippen LogP contribution in [0.15, 0.2) is 54.6 Å². The average molecular weight is 409 g/mol. The summed E-state index contributed by atoms with van der Waals surface area (Å²) >= 11 is 1.88. The number of hydrogen-bond donors (Lipinski definition) is 0. The van der Waals surface area contributed by atoms with Gasteiger partial charge in [0.2, 0.25) is 0 Å². The second-order valence-electron chi connectivity index (χ2n) is 8.93. The van der Waals surface area contributed by atoms with Gasteiger partial charge in [-0.1, -0.05) is 96.1 Å². The molecule has 0 aliphatic carbocycles. The fraction of sp³-hybridized carbons (Fsp3) is 0.360. The minimum absolute atomic E-state index is 0.0700. The Bertz CT molecular complexity index is 1070. The maximum Gasteiger partial charge on any atom is 0.147 e. The third-order valence-electron chi connectivity index (χ3n) is 6.06. The molecule has 1 nitrogen and oxygen atoms in total. The molecule has 0 fully saturated rings. The van der Waals surface area contributed by atoms with Crippen LogP contribution in [0.3, 0.4) is 0 Å². The van der Waals surface area contributed by atoms with Gasteiger partial charge < -0.3 is 4.57 Å². The van der Waals surface area contributed by atoms with Gasteiger partial charge in [0.15, 0.2) is 0 Å². The predicted octanol–water partition coefficient (Wildman–Crippen LogP) is 6.90. The lowest BCUT2D eigenvalue weighted by molar-refractivity contribution is 0.576. The van der Waals surface area contributed by atoms with Gasteiger partial charge in [-0.05, 0) is 17.0 Å². The number of thiophene rings is 1. The average Bonchev–Trinajstić information content (AvgIpc) is 3.10. The molecule has 0 N–H and O–H groups in total. The first-order chi connectivity index (χ1) is 13.2. The third-order valence-corrected chi connectivity index (χ3v) is 11.7. The van der Waals surface area contributed by atoms with Crippen molar-refractivity contribution in [2.45, 2.75) is 58.5 Å². The maximum absolute atomic E-state index is 14.9. The largest absolute Gasteiger partial charge is 0.313 e. The molecular formula is C25H29OPS. The third kappa shape index (κ3) is 2.61. The van der Waals surface area contributed by atoms with Crippen molar-refractivity contribution in [2.24, 2.45) is 0 Å². The van der Waals surface area contributed by atoms with E-state index in [9.17, 15) is 4.57 Å². The monoisotopic (exact) mass is 408 g/mol. The van der Waals surface area contributed by atoms with Gasteiger partial charge in [-0.2, -0.15) is 0 Å². The van der Waals surface area contributed by atoms with Crippen LogP contribution in [-0.2, 0) is 9.98 Å². The Balaban J connectivity index is 2.19. The zero-order chi connectivity index (χ0) is 20.3. The van der Waals surface area contributed by atoms with Gasteiger partial charge in [0.05, 0.1) is 0 Å². The molecule has 1 aliphatic rings. The van der Waals surface area contributed by atoms with E-state index in [0.29, 0.717) is 5.92 Å². The maximum atomic E-state index is 14.9. The van der Waals surface area contributed by atoms with Gasteiger partial charge >= 0.3 is 0 Å². The molecule has 0 saturated carbocycles. The first-order valence-electron chi connectivity index (χ1n) is 10.1. The highest BCUT2D eigenvalue weighted by Crippen LogP contribution is 2.60. The topological polar surface area (TPSA) is 17.1 Å². The number of rotatable bonds is 3. The molecule has 28 heavy (non-hydrogen) atoms. The fourth-order valence-corrected chi connectivity index (χ4v) is 10.00. The van der Waals surface area contributed by atoms with E-state index in [0.717, 1.165) is 10.6 Å². The van der Waals surface area contributed by atoms with Crippen molar-refractivity contribution < 1.29 is 4.57 Å². The first-order valence-corrected chi connectivity index (χ1v) is 12.7. The van der Waals surface area contributed by atoms with E-state index < -0.39 is 7.14 Å². The van der Waals surface area contributed by atoms with Crippen LogP contribution >= 0.6 is 18.5 Å². The Kier molecular flexibility index (Phi) is 4.72. The van der Waals surface area contributed by atoms with Crippen molar-refractivity contribution in [3.8, 4) is 11.1 Å². The van der Waals surface area contributed by atoms with Gasteiger partial charge in [0.25, 0.3) is 0 Å². The number of hydrogen-bond acceptors (Lipinski definition) is 2. The van der Waals surface area contributed by atoms with Crippen LogP contribution in [0.4, 0.5) is 0 Å². The van der Waals surface area contributed by atoms with Crippen LogP contribution in [0.25, 0.3) is 11.1 Å². The fourth-order valence-electron chi connectivity index (χ4n) is 4.54. The molecule has 2 heterocycles. The Hall–Kier alpha value is -1.63. The van der Waals surface area contributed by atoms with E-state index in [4.69, 9.17) is 0 Å². The highest BCUT2D eigenvalue weighted by molar-refractivity contribution is 7.80. The van der Waals surface area contributed by atoms with Crippen LogP contribution < -0.4 is 10.6 Å². The molecule has 2 aromatic carbocycles. The molecule has 0 radical (unpaired) electrons. The molecule has 1 unspecified atom stereocenters. The second kappa shape index (κ2) is 6.71. The van der Waals surface area contributed by atoms with Crippen molar-refractivity contribution in [3.05, 3.63) is 69.9 Å². The van der Waals surface area contributed by atoms with Crippen molar-refractivity contribution in [1.29, 1.82) is 0 Å². The summed E-state index contributed by atoms with van der Waals surface area (Å²) in [6, 6.07) is 19.0. The van der Waals surface area contributed by atoms with E-state index in [-0.39, 0.29) is 11.1 Å². The van der Waals surface area contributed by atoms with Gasteiger partial charge in [-0.15, -0.1) is 11.3 Å². The summed E-state index contributed by atoms with van der Waals surface area (Å²) in [6.07, 6.45) is 0. The van der Waals surface area contributed by atoms with Gasteiger partial charge in [0.1, 0.15) is 7.14 Å². The molecule has 4 rings (SSSR count). The van der Waals surface area contributed by atoms with E-state index >= 15 is 0 Å². The minimum Gasteiger partial charge on any atom is -0.313 e. The highest BCUT2D eigenvalue weighted by atomic mass is 32.1. The summed E-state index contributed by atoms with van der Waals surface area (Å²) in [5.74, 6) is 0.394. The summed E-state index contributed by atoms with van der Waals surface area (Å²) in [5, 5.41) is 2.19. The van der Waals surface area contributed by atoms with E-state index in [1.807, 2.05) is 17.4 Å². The Morgan fingerprint density at radius 3 is 2.11 bits per heavy atom. The van der Waals surface area contributed by atoms with Gasteiger partial charge in [-0.25, -0.2) is 0 Å². The van der Waals surface area contributed by atoms with Crippen LogP contribution in [0, 0.1) is 0 Å². The zero-order valence-corrected chi connectivity index (χ0v) is 19.3. The quantitative estimate of drug-likeness (QED) is 0.431. The summed E-state index contributed by atoms with van der Waals surface area (Å²) in [7, 11) is -2.76. The number of benzene rings is 2. The van der Waals surface area contributed by atoms with Crippen molar-refractivity contribution in [2.75, 3.05) is 0 Å². The van der Waals surface area contributed by atoms with E-state index in [1.54, 1.807) is 0 Å². The SMILES string of the molecule is CC(C)c1sc2c(c1-c1ccccc1)P(=O)(C(C)C)c1ccccc1C2(C)C. The van der Waals surface area contributed by atoms with Crippen molar-refractivity contribution >= 4 is 29.1 Å². The molecule has 1 aromatic heterocycles. The van der Waals surface area contributed by atoms with Crippen LogP contribution in [-0.4, -0.2) is 5.66 Å². The smallest absolute Gasteiger partial charge is 0.147 e. The normalized spacial score (nSPS) is 20.3. The van der Waals surface area contributed by atoms with Gasteiger partial charge in [0, 0.05) is 37.0 Å². The molecular weight excluding hydrogens is 379 g/mol. The van der Waals surface area contributed by atoms with Crippen LogP contribution in [0.1, 0.15) is 62.8 Å². The Morgan fingerprint density at radius 2 is 1.50 bits per heavy atom. The molecule has 3 aromatic rings. The van der Waals surface area contributed by atoms with Crippen molar-refractivity contribution in [1.82, 2.24) is 0 Å². The predicted molar refractivity (Wildman–Crippen MR) is 124 cm³/mol. The first kappa shape index (κ1) is 19.7. The minimum atomic E-state index is -2.76. The van der Waals surface area contributed by atoms with E-state index in [1.165, 1.54) is 26.4 Å². The van der Waals surface area contributed by atoms with Crippen LogP contribution in [0.5, 0.6) is 0 Å². The standard InChI is InChI=1S/C25H29OPS/c1-16(2)23-21(18-12-8-7-9-13-18)22-24(28-23)25(5,6)19-14-10-11-15-20(19)27(22,26)17(3)4/h7-17H,1-6H3. The summed E-state index contributed by atoms with van der Waals surface area (Å²) in [6.45, 7) is 13.4. The highest BCUT2D eigenvalue weighted by Gasteiger charge is 2.49. The number of fused-ring (bicyclic) bond motifs is 2. The lowest BCUT2D eigenvalue weighted by atomic mass is 9.82. The van der Waals surface area contributed by atoms with E-state index in [2.05, 4.69) is 90.1 Å². The van der Waals surface area contributed by atoms with Gasteiger partial charge in [-0.3, -0.25) is 0 Å². The van der Waals surface area contributed by atoms with Crippen molar-refractivity contribution in [3.63, 3.8) is 0 Å². The van der Waals surface area contributed by atoms with Crippen LogP contribution in [0.2, 0.25) is 0 Å². The summed E-state index contributed by atoms with van der Waals surface area (Å²) in [4.78, 5) is 2.66. The Labute approximate surface area is 173 Å². The molecule has 3 heteroatoms. The molecule has 0 amide bonds. The molecule has 0 saturated heterocycles. The molecule has 146 valence electrons. The molecule has 1 atom stereocenters.